The van der Waals surface area contributed by atoms with Crippen molar-refractivity contribution in [3.05, 3.63) is 40.4 Å². The van der Waals surface area contributed by atoms with Gasteiger partial charge in [-0.3, -0.25) is 4.79 Å². The second kappa shape index (κ2) is 3.99. The lowest BCUT2D eigenvalue weighted by Gasteiger charge is -2.24. The monoisotopic (exact) mass is 246 g/mol. The van der Waals surface area contributed by atoms with Crippen LogP contribution in [-0.4, -0.2) is 6.29 Å². The maximum Gasteiger partial charge on any atom is 0.146 e. The van der Waals surface area contributed by atoms with Gasteiger partial charge in [0.2, 0.25) is 0 Å². The number of halogens is 1. The molecule has 1 aromatic carbocycles. The maximum absolute atomic E-state index is 11.2. The molecule has 1 aromatic rings. The fraction of sp³-hybridized carbons (Fsp3) is 0.400. The van der Waals surface area contributed by atoms with Crippen LogP contribution in [0.4, 0.5) is 0 Å². The van der Waals surface area contributed by atoms with Gasteiger partial charge in [0.05, 0.1) is 0 Å². The van der Waals surface area contributed by atoms with Gasteiger partial charge in [-0.25, -0.2) is 0 Å². The molecule has 0 atom stereocenters. The Labute approximate surface area is 106 Å². The van der Waals surface area contributed by atoms with E-state index in [0.29, 0.717) is 5.41 Å². The molecule has 2 aliphatic rings. The van der Waals surface area contributed by atoms with E-state index in [2.05, 4.69) is 0 Å². The maximum atomic E-state index is 11.2. The van der Waals surface area contributed by atoms with Crippen molar-refractivity contribution in [1.82, 2.24) is 0 Å². The van der Waals surface area contributed by atoms with Gasteiger partial charge in [-0.05, 0) is 66.4 Å². The summed E-state index contributed by atoms with van der Waals surface area (Å²) in [5, 5.41) is 0.747. The molecule has 2 aliphatic carbocycles. The predicted molar refractivity (Wildman–Crippen MR) is 70.0 cm³/mol. The van der Waals surface area contributed by atoms with Gasteiger partial charge in [0, 0.05) is 5.02 Å². The number of carbonyl (C=O) groups is 1. The summed E-state index contributed by atoms with van der Waals surface area (Å²) in [5.41, 5.74) is 3.89. The Kier molecular flexibility index (Phi) is 2.59. The minimum absolute atomic E-state index is 0.492. The van der Waals surface area contributed by atoms with Crippen molar-refractivity contribution in [1.29, 1.82) is 0 Å². The predicted octanol–water partition coefficient (Wildman–Crippen LogP) is 4.26. The zero-order valence-electron chi connectivity index (χ0n) is 9.71. The van der Waals surface area contributed by atoms with Crippen LogP contribution < -0.4 is 0 Å². The van der Waals surface area contributed by atoms with Crippen LogP contribution in [0, 0.1) is 5.41 Å². The minimum Gasteiger partial charge on any atom is -0.298 e. The number of rotatable bonds is 2. The van der Waals surface area contributed by atoms with Crippen molar-refractivity contribution in [3.8, 4) is 0 Å². The smallest absolute Gasteiger partial charge is 0.146 e. The zero-order chi connectivity index (χ0) is 11.9. The van der Waals surface area contributed by atoms with Crippen LogP contribution in [0.15, 0.2) is 29.8 Å². The van der Waals surface area contributed by atoms with E-state index in [-0.39, 0.29) is 0 Å². The van der Waals surface area contributed by atoms with Gasteiger partial charge in [0.15, 0.2) is 0 Å². The van der Waals surface area contributed by atoms with Crippen LogP contribution >= 0.6 is 11.6 Å². The molecule has 3 rings (SSSR count). The summed E-state index contributed by atoms with van der Waals surface area (Å²) in [4.78, 5) is 11.2. The third-order valence-electron chi connectivity index (χ3n) is 4.15. The first-order valence-electron chi connectivity index (χ1n) is 6.16. The van der Waals surface area contributed by atoms with E-state index < -0.39 is 0 Å². The van der Waals surface area contributed by atoms with Crippen LogP contribution in [0.5, 0.6) is 0 Å². The van der Waals surface area contributed by atoms with Gasteiger partial charge in [-0.15, -0.1) is 0 Å². The molecule has 0 saturated heterocycles. The van der Waals surface area contributed by atoms with E-state index in [1.165, 1.54) is 24.8 Å². The third kappa shape index (κ3) is 2.04. The standard InChI is InChI=1S/C15H15ClO/c16-13-3-1-11(2-4-13)14-5-6-15(7-8-15)9-12(14)10-17/h1-4,10H,5-9H2. The molecule has 1 spiro atoms. The molecule has 0 unspecified atom stereocenters. The topological polar surface area (TPSA) is 17.1 Å². The summed E-state index contributed by atoms with van der Waals surface area (Å²) >= 11 is 5.89. The van der Waals surface area contributed by atoms with Gasteiger partial charge in [0.25, 0.3) is 0 Å². The first-order valence-corrected chi connectivity index (χ1v) is 6.53. The SMILES string of the molecule is O=CC1=C(c2ccc(Cl)cc2)CCC2(CC2)C1. The van der Waals surface area contributed by atoms with Crippen molar-refractivity contribution < 1.29 is 4.79 Å². The van der Waals surface area contributed by atoms with Crippen LogP contribution in [-0.2, 0) is 4.79 Å². The number of aldehydes is 1. The van der Waals surface area contributed by atoms with Crippen molar-refractivity contribution in [3.63, 3.8) is 0 Å². The Morgan fingerprint density at radius 1 is 1.12 bits per heavy atom. The normalized spacial score (nSPS) is 21.7. The average Bonchev–Trinajstić information content (AvgIpc) is 3.10. The average molecular weight is 247 g/mol. The molecule has 1 nitrogen and oxygen atoms in total. The van der Waals surface area contributed by atoms with Gasteiger partial charge < -0.3 is 0 Å². The molecule has 0 radical (unpaired) electrons. The lowest BCUT2D eigenvalue weighted by Crippen LogP contribution is -2.11. The van der Waals surface area contributed by atoms with Gasteiger partial charge >= 0.3 is 0 Å². The summed E-state index contributed by atoms with van der Waals surface area (Å²) in [6, 6.07) is 7.83. The fourth-order valence-corrected chi connectivity index (χ4v) is 2.97. The van der Waals surface area contributed by atoms with Crippen molar-refractivity contribution in [2.45, 2.75) is 32.1 Å². The molecular weight excluding hydrogens is 232 g/mol. The highest BCUT2D eigenvalue weighted by Crippen LogP contribution is 2.58. The number of allylic oxidation sites excluding steroid dienone is 2. The molecule has 2 heteroatoms. The van der Waals surface area contributed by atoms with Crippen LogP contribution in [0.3, 0.4) is 0 Å². The molecule has 0 amide bonds. The lowest BCUT2D eigenvalue weighted by atomic mass is 9.79. The van der Waals surface area contributed by atoms with Gasteiger partial charge in [0.1, 0.15) is 6.29 Å². The van der Waals surface area contributed by atoms with Crippen LogP contribution in [0.25, 0.3) is 5.57 Å². The van der Waals surface area contributed by atoms with Crippen molar-refractivity contribution in [2.24, 2.45) is 5.41 Å². The Morgan fingerprint density at radius 2 is 1.82 bits per heavy atom. The molecule has 0 N–H and O–H groups in total. The Bertz CT molecular complexity index is 480. The summed E-state index contributed by atoms with van der Waals surface area (Å²) in [7, 11) is 0. The third-order valence-corrected chi connectivity index (χ3v) is 4.40. The van der Waals surface area contributed by atoms with E-state index in [1.807, 2.05) is 24.3 Å². The Hall–Kier alpha value is -1.08. The van der Waals surface area contributed by atoms with Crippen molar-refractivity contribution in [2.75, 3.05) is 0 Å². The molecule has 88 valence electrons. The van der Waals surface area contributed by atoms with Crippen LogP contribution in [0.2, 0.25) is 5.02 Å². The zero-order valence-corrected chi connectivity index (χ0v) is 10.5. The van der Waals surface area contributed by atoms with Crippen LogP contribution in [0.1, 0.15) is 37.7 Å². The Balaban J connectivity index is 1.97. The first-order chi connectivity index (χ1) is 8.22. The largest absolute Gasteiger partial charge is 0.298 e. The molecule has 17 heavy (non-hydrogen) atoms. The molecule has 0 aromatic heterocycles. The highest BCUT2D eigenvalue weighted by molar-refractivity contribution is 6.30. The van der Waals surface area contributed by atoms with E-state index in [0.717, 1.165) is 35.3 Å². The number of benzene rings is 1. The molecule has 0 heterocycles. The molecular formula is C15H15ClO. The van der Waals surface area contributed by atoms with E-state index in [4.69, 9.17) is 11.6 Å². The fourth-order valence-electron chi connectivity index (χ4n) is 2.85. The molecule has 1 saturated carbocycles. The van der Waals surface area contributed by atoms with Crippen molar-refractivity contribution >= 4 is 23.5 Å². The number of carbonyl (C=O) groups excluding carboxylic acids is 1. The van der Waals surface area contributed by atoms with E-state index >= 15 is 0 Å². The van der Waals surface area contributed by atoms with E-state index in [1.54, 1.807) is 0 Å². The quantitative estimate of drug-likeness (QED) is 0.713. The first kappa shape index (κ1) is 11.0. The highest BCUT2D eigenvalue weighted by Gasteiger charge is 2.45. The molecule has 1 fully saturated rings. The highest BCUT2D eigenvalue weighted by atomic mass is 35.5. The second-order valence-electron chi connectivity index (χ2n) is 5.31. The number of hydrogen-bond acceptors (Lipinski definition) is 1. The summed E-state index contributed by atoms with van der Waals surface area (Å²) in [6.07, 6.45) is 6.92. The van der Waals surface area contributed by atoms with Gasteiger partial charge in [-0.2, -0.15) is 0 Å². The second-order valence-corrected chi connectivity index (χ2v) is 5.74. The summed E-state index contributed by atoms with van der Waals surface area (Å²) in [6.45, 7) is 0. The van der Waals surface area contributed by atoms with E-state index in [9.17, 15) is 4.79 Å². The lowest BCUT2D eigenvalue weighted by molar-refractivity contribution is -0.105. The summed E-state index contributed by atoms with van der Waals surface area (Å²) < 4.78 is 0. The molecule has 0 bridgehead atoms. The molecule has 0 aliphatic heterocycles. The van der Waals surface area contributed by atoms with Gasteiger partial charge in [-0.1, -0.05) is 23.7 Å². The Morgan fingerprint density at radius 3 is 2.41 bits per heavy atom. The minimum atomic E-state index is 0.492. The number of hydrogen-bond donors (Lipinski definition) is 0. The summed E-state index contributed by atoms with van der Waals surface area (Å²) in [5.74, 6) is 0.